The highest BCUT2D eigenvalue weighted by atomic mass is 16.2. The summed E-state index contributed by atoms with van der Waals surface area (Å²) in [6.45, 7) is 11.3. The number of hydrogen-bond acceptors (Lipinski definition) is 3. The van der Waals surface area contributed by atoms with Crippen LogP contribution in [0.25, 0.3) is 0 Å². The summed E-state index contributed by atoms with van der Waals surface area (Å²) in [6, 6.07) is 0. The smallest absolute Gasteiger partial charge is 0.247 e. The highest BCUT2D eigenvalue weighted by Crippen LogP contribution is 2.46. The summed E-state index contributed by atoms with van der Waals surface area (Å²) in [4.78, 5) is 29.8. The molecular formula is C19H33N3O2. The molecule has 1 saturated carbocycles. The Hall–Kier alpha value is -1.10. The topological polar surface area (TPSA) is 52.7 Å². The van der Waals surface area contributed by atoms with Crippen molar-refractivity contribution < 1.29 is 9.59 Å². The number of carbonyl (C=O) groups is 2. The number of nitrogens with one attached hydrogen (secondary N) is 1. The van der Waals surface area contributed by atoms with Crippen molar-refractivity contribution in [3.05, 3.63) is 0 Å². The van der Waals surface area contributed by atoms with Gasteiger partial charge in [0.1, 0.15) is 11.2 Å². The molecule has 1 aliphatic carbocycles. The molecule has 2 spiro atoms. The van der Waals surface area contributed by atoms with Gasteiger partial charge in [-0.2, -0.15) is 0 Å². The molecule has 5 heteroatoms. The average Bonchev–Trinajstić information content (AvgIpc) is 3.02. The maximum atomic E-state index is 12.9. The van der Waals surface area contributed by atoms with Crippen molar-refractivity contribution in [2.75, 3.05) is 19.6 Å². The fourth-order valence-electron chi connectivity index (χ4n) is 4.90. The Morgan fingerprint density at radius 1 is 1.12 bits per heavy atom. The van der Waals surface area contributed by atoms with Crippen LogP contribution in [0.15, 0.2) is 0 Å². The second-order valence-corrected chi connectivity index (χ2v) is 9.23. The second kappa shape index (κ2) is 6.01. The van der Waals surface area contributed by atoms with E-state index < -0.39 is 11.2 Å². The first-order chi connectivity index (χ1) is 11.2. The molecule has 3 fully saturated rings. The van der Waals surface area contributed by atoms with Crippen molar-refractivity contribution in [2.45, 2.75) is 83.8 Å². The van der Waals surface area contributed by atoms with E-state index in [-0.39, 0.29) is 11.8 Å². The van der Waals surface area contributed by atoms with Crippen LogP contribution >= 0.6 is 0 Å². The van der Waals surface area contributed by atoms with Gasteiger partial charge >= 0.3 is 0 Å². The predicted molar refractivity (Wildman–Crippen MR) is 94.3 cm³/mol. The molecule has 1 N–H and O–H groups in total. The number of carbonyl (C=O) groups excluding carboxylic acids is 2. The number of hydrogen-bond donors (Lipinski definition) is 1. The Morgan fingerprint density at radius 3 is 2.21 bits per heavy atom. The molecule has 2 aliphatic heterocycles. The van der Waals surface area contributed by atoms with Crippen LogP contribution in [0.5, 0.6) is 0 Å². The standard InChI is InChI=1S/C19H33N3O2/c1-15(23)22-18(16(24)20-19(22)7-5-6-8-19)10-13-21(14-11-18)12-9-17(2,3)4/h5-14H2,1-4H3,(H,20,24). The van der Waals surface area contributed by atoms with Gasteiger partial charge in [0.25, 0.3) is 0 Å². The minimum absolute atomic E-state index is 0.0541. The lowest BCUT2D eigenvalue weighted by Crippen LogP contribution is -2.61. The molecule has 2 heterocycles. The maximum absolute atomic E-state index is 12.9. The average molecular weight is 335 g/mol. The molecule has 0 aromatic rings. The van der Waals surface area contributed by atoms with E-state index in [1.165, 1.54) is 0 Å². The number of amides is 2. The zero-order chi connectivity index (χ0) is 17.6. The van der Waals surface area contributed by atoms with Gasteiger partial charge in [-0.1, -0.05) is 20.8 Å². The molecule has 5 nitrogen and oxygen atoms in total. The molecule has 0 aromatic heterocycles. The summed E-state index contributed by atoms with van der Waals surface area (Å²) in [6.07, 6.45) is 6.71. The summed E-state index contributed by atoms with van der Waals surface area (Å²) in [5.74, 6) is 0.147. The molecule has 136 valence electrons. The number of nitrogens with zero attached hydrogens (tertiary/aromatic N) is 2. The molecule has 3 rings (SSSR count). The Bertz CT molecular complexity index is 509. The summed E-state index contributed by atoms with van der Waals surface area (Å²) in [5.41, 5.74) is -0.663. The molecule has 0 atom stereocenters. The molecule has 24 heavy (non-hydrogen) atoms. The Balaban J connectivity index is 1.73. The normalized spacial score (nSPS) is 26.3. The highest BCUT2D eigenvalue weighted by molar-refractivity contribution is 5.95. The first-order valence-electron chi connectivity index (χ1n) is 9.55. The van der Waals surface area contributed by atoms with E-state index in [1.807, 2.05) is 4.90 Å². The zero-order valence-electron chi connectivity index (χ0n) is 15.8. The molecular weight excluding hydrogens is 302 g/mol. The van der Waals surface area contributed by atoms with E-state index >= 15 is 0 Å². The first-order valence-corrected chi connectivity index (χ1v) is 9.55. The summed E-state index contributed by atoms with van der Waals surface area (Å²) < 4.78 is 0. The number of likely N-dealkylation sites (tertiary alicyclic amines) is 1. The van der Waals surface area contributed by atoms with E-state index in [1.54, 1.807) is 6.92 Å². The van der Waals surface area contributed by atoms with E-state index in [0.717, 1.165) is 64.6 Å². The van der Waals surface area contributed by atoms with E-state index in [9.17, 15) is 9.59 Å². The molecule has 3 aliphatic rings. The van der Waals surface area contributed by atoms with Crippen molar-refractivity contribution in [3.63, 3.8) is 0 Å². The van der Waals surface area contributed by atoms with E-state index in [2.05, 4.69) is 31.0 Å². The molecule has 0 aromatic carbocycles. The van der Waals surface area contributed by atoms with E-state index in [4.69, 9.17) is 0 Å². The first kappa shape index (κ1) is 17.7. The van der Waals surface area contributed by atoms with Crippen LogP contribution < -0.4 is 5.32 Å². The van der Waals surface area contributed by atoms with Gasteiger partial charge in [0.15, 0.2) is 0 Å². The maximum Gasteiger partial charge on any atom is 0.247 e. The third-order valence-corrected chi connectivity index (χ3v) is 6.23. The predicted octanol–water partition coefficient (Wildman–Crippen LogP) is 2.51. The third kappa shape index (κ3) is 2.96. The molecule has 0 bridgehead atoms. The van der Waals surface area contributed by atoms with Gasteiger partial charge in [-0.15, -0.1) is 0 Å². The monoisotopic (exact) mass is 335 g/mol. The van der Waals surface area contributed by atoms with Gasteiger partial charge in [-0.05, 0) is 56.9 Å². The number of rotatable bonds is 2. The molecule has 2 amide bonds. The van der Waals surface area contributed by atoms with Crippen LogP contribution in [0.3, 0.4) is 0 Å². The fourth-order valence-corrected chi connectivity index (χ4v) is 4.90. The van der Waals surface area contributed by atoms with Crippen molar-refractivity contribution in [2.24, 2.45) is 5.41 Å². The highest BCUT2D eigenvalue weighted by Gasteiger charge is 2.62. The van der Waals surface area contributed by atoms with Crippen LogP contribution in [0.1, 0.15) is 72.6 Å². The van der Waals surface area contributed by atoms with Gasteiger partial charge in [-0.3, -0.25) is 9.59 Å². The van der Waals surface area contributed by atoms with Crippen LogP contribution in [-0.4, -0.2) is 52.5 Å². The van der Waals surface area contributed by atoms with Gasteiger partial charge in [0.05, 0.1) is 0 Å². The Kier molecular flexibility index (Phi) is 4.44. The van der Waals surface area contributed by atoms with E-state index in [0.29, 0.717) is 5.41 Å². The minimum Gasteiger partial charge on any atom is -0.331 e. The summed E-state index contributed by atoms with van der Waals surface area (Å²) in [7, 11) is 0. The van der Waals surface area contributed by atoms with Crippen molar-refractivity contribution in [3.8, 4) is 0 Å². The summed E-state index contributed by atoms with van der Waals surface area (Å²) >= 11 is 0. The zero-order valence-corrected chi connectivity index (χ0v) is 15.8. The largest absolute Gasteiger partial charge is 0.331 e. The van der Waals surface area contributed by atoms with Gasteiger partial charge < -0.3 is 15.1 Å². The lowest BCUT2D eigenvalue weighted by atomic mass is 9.84. The molecule has 0 unspecified atom stereocenters. The molecule has 2 saturated heterocycles. The third-order valence-electron chi connectivity index (χ3n) is 6.23. The minimum atomic E-state index is -0.603. The van der Waals surface area contributed by atoms with Crippen LogP contribution in [-0.2, 0) is 9.59 Å². The van der Waals surface area contributed by atoms with Gasteiger partial charge in [0, 0.05) is 20.0 Å². The lowest BCUT2D eigenvalue weighted by molar-refractivity contribution is -0.147. The Morgan fingerprint density at radius 2 is 1.71 bits per heavy atom. The van der Waals surface area contributed by atoms with Crippen LogP contribution in [0, 0.1) is 5.41 Å². The lowest BCUT2D eigenvalue weighted by Gasteiger charge is -2.46. The van der Waals surface area contributed by atoms with Gasteiger partial charge in [-0.25, -0.2) is 0 Å². The van der Waals surface area contributed by atoms with Crippen molar-refractivity contribution in [1.29, 1.82) is 0 Å². The SMILES string of the molecule is CC(=O)N1C2(CCCC2)NC(=O)C12CCN(CCC(C)(C)C)CC2. The van der Waals surface area contributed by atoms with Crippen molar-refractivity contribution >= 4 is 11.8 Å². The summed E-state index contributed by atoms with van der Waals surface area (Å²) in [5, 5.41) is 3.24. The fraction of sp³-hybridized carbons (Fsp3) is 0.895. The Labute approximate surface area is 146 Å². The van der Waals surface area contributed by atoms with Crippen molar-refractivity contribution in [1.82, 2.24) is 15.1 Å². The quantitative estimate of drug-likeness (QED) is 0.843. The van der Waals surface area contributed by atoms with Crippen LogP contribution in [0.2, 0.25) is 0 Å². The van der Waals surface area contributed by atoms with Crippen LogP contribution in [0.4, 0.5) is 0 Å². The number of piperidine rings is 1. The second-order valence-electron chi connectivity index (χ2n) is 9.23. The van der Waals surface area contributed by atoms with Gasteiger partial charge in [0.2, 0.25) is 11.8 Å². The molecule has 0 radical (unpaired) electrons.